The summed E-state index contributed by atoms with van der Waals surface area (Å²) in [5.41, 5.74) is 7.61. The predicted octanol–water partition coefficient (Wildman–Crippen LogP) is 3.40. The lowest BCUT2D eigenvalue weighted by Crippen LogP contribution is -2.12. The van der Waals surface area contributed by atoms with Crippen LogP contribution in [0.15, 0.2) is 42.5 Å². The number of hydrogen-bond donors (Lipinski definition) is 1. The quantitative estimate of drug-likeness (QED) is 0.937. The number of ether oxygens (including phenoxy) is 2. The monoisotopic (exact) mass is 287 g/mol. The van der Waals surface area contributed by atoms with Crippen molar-refractivity contribution in [3.05, 3.63) is 59.4 Å². The van der Waals surface area contributed by atoms with Crippen molar-refractivity contribution in [2.75, 3.05) is 13.2 Å². The summed E-state index contributed by atoms with van der Waals surface area (Å²) in [6.07, 6.45) is 0. The SMILES string of the molecule is C[C@H](N)c1ccc(OCC2COc3ccccc32)c(F)c1. The summed E-state index contributed by atoms with van der Waals surface area (Å²) >= 11 is 0. The first-order valence-electron chi connectivity index (χ1n) is 7.04. The van der Waals surface area contributed by atoms with Gasteiger partial charge in [0.05, 0.1) is 19.1 Å². The van der Waals surface area contributed by atoms with Gasteiger partial charge in [-0.15, -0.1) is 0 Å². The number of rotatable bonds is 4. The summed E-state index contributed by atoms with van der Waals surface area (Å²) in [6.45, 7) is 2.78. The molecule has 0 saturated carbocycles. The highest BCUT2D eigenvalue weighted by molar-refractivity contribution is 5.40. The Balaban J connectivity index is 1.69. The summed E-state index contributed by atoms with van der Waals surface area (Å²) in [5.74, 6) is 0.897. The van der Waals surface area contributed by atoms with Crippen LogP contribution in [0.4, 0.5) is 4.39 Å². The van der Waals surface area contributed by atoms with E-state index in [4.69, 9.17) is 15.2 Å². The molecule has 4 heteroatoms. The van der Waals surface area contributed by atoms with Crippen molar-refractivity contribution >= 4 is 0 Å². The van der Waals surface area contributed by atoms with E-state index in [1.807, 2.05) is 31.2 Å². The molecule has 0 bridgehead atoms. The zero-order valence-corrected chi connectivity index (χ0v) is 11.9. The van der Waals surface area contributed by atoms with Crippen LogP contribution in [0.2, 0.25) is 0 Å². The Morgan fingerprint density at radius 1 is 1.33 bits per heavy atom. The molecule has 3 nitrogen and oxygen atoms in total. The molecule has 110 valence electrons. The molecule has 2 N–H and O–H groups in total. The number of nitrogens with two attached hydrogens (primary N) is 1. The van der Waals surface area contributed by atoms with Crippen molar-refractivity contribution in [2.45, 2.75) is 18.9 Å². The molecule has 1 heterocycles. The van der Waals surface area contributed by atoms with E-state index in [1.54, 1.807) is 12.1 Å². The van der Waals surface area contributed by atoms with Gasteiger partial charge in [0.15, 0.2) is 11.6 Å². The zero-order valence-electron chi connectivity index (χ0n) is 11.9. The van der Waals surface area contributed by atoms with Crippen LogP contribution in [0.25, 0.3) is 0 Å². The van der Waals surface area contributed by atoms with E-state index in [9.17, 15) is 4.39 Å². The molecular weight excluding hydrogens is 269 g/mol. The number of hydrogen-bond acceptors (Lipinski definition) is 3. The van der Waals surface area contributed by atoms with Crippen molar-refractivity contribution in [3.63, 3.8) is 0 Å². The van der Waals surface area contributed by atoms with Crippen molar-refractivity contribution < 1.29 is 13.9 Å². The second-order valence-electron chi connectivity index (χ2n) is 5.34. The van der Waals surface area contributed by atoms with E-state index < -0.39 is 0 Å². The summed E-state index contributed by atoms with van der Waals surface area (Å²) < 4.78 is 25.2. The van der Waals surface area contributed by atoms with Gasteiger partial charge in [0, 0.05) is 11.6 Å². The molecule has 2 aromatic rings. The van der Waals surface area contributed by atoms with Crippen LogP contribution in [-0.2, 0) is 0 Å². The molecule has 0 amide bonds. The Morgan fingerprint density at radius 2 is 2.14 bits per heavy atom. The number of halogens is 1. The molecule has 1 aliphatic heterocycles. The highest BCUT2D eigenvalue weighted by Gasteiger charge is 2.24. The number of benzene rings is 2. The Morgan fingerprint density at radius 3 is 2.90 bits per heavy atom. The second kappa shape index (κ2) is 5.74. The molecule has 0 fully saturated rings. The Hall–Kier alpha value is -2.07. The Labute approximate surface area is 123 Å². The third-order valence-corrected chi connectivity index (χ3v) is 3.72. The maximum Gasteiger partial charge on any atom is 0.165 e. The van der Waals surface area contributed by atoms with Gasteiger partial charge < -0.3 is 15.2 Å². The molecule has 0 spiro atoms. The minimum absolute atomic E-state index is 0.133. The fourth-order valence-electron chi connectivity index (χ4n) is 2.48. The molecule has 2 aromatic carbocycles. The molecule has 1 aliphatic rings. The van der Waals surface area contributed by atoms with E-state index in [2.05, 4.69) is 0 Å². The van der Waals surface area contributed by atoms with Gasteiger partial charge >= 0.3 is 0 Å². The molecule has 0 radical (unpaired) electrons. The predicted molar refractivity (Wildman–Crippen MR) is 79.2 cm³/mol. The van der Waals surface area contributed by atoms with E-state index in [0.717, 1.165) is 16.9 Å². The summed E-state index contributed by atoms with van der Waals surface area (Å²) in [4.78, 5) is 0. The van der Waals surface area contributed by atoms with Gasteiger partial charge in [0.1, 0.15) is 5.75 Å². The van der Waals surface area contributed by atoms with Gasteiger partial charge in [-0.2, -0.15) is 0 Å². The van der Waals surface area contributed by atoms with Gasteiger partial charge in [-0.25, -0.2) is 4.39 Å². The molecule has 2 atom stereocenters. The van der Waals surface area contributed by atoms with Crippen LogP contribution in [0, 0.1) is 5.82 Å². The van der Waals surface area contributed by atoms with E-state index in [1.165, 1.54) is 6.07 Å². The smallest absolute Gasteiger partial charge is 0.165 e. The Kier molecular flexibility index (Phi) is 3.80. The van der Waals surface area contributed by atoms with Crippen LogP contribution in [-0.4, -0.2) is 13.2 Å². The topological polar surface area (TPSA) is 44.5 Å². The van der Waals surface area contributed by atoms with Gasteiger partial charge in [-0.1, -0.05) is 24.3 Å². The lowest BCUT2D eigenvalue weighted by molar-refractivity contribution is 0.241. The van der Waals surface area contributed by atoms with Crippen molar-refractivity contribution in [1.29, 1.82) is 0 Å². The first-order valence-corrected chi connectivity index (χ1v) is 7.04. The molecule has 3 rings (SSSR count). The first kappa shape index (κ1) is 13.9. The van der Waals surface area contributed by atoms with Gasteiger partial charge in [0.25, 0.3) is 0 Å². The summed E-state index contributed by atoms with van der Waals surface area (Å²) in [7, 11) is 0. The van der Waals surface area contributed by atoms with E-state index >= 15 is 0 Å². The van der Waals surface area contributed by atoms with E-state index in [-0.39, 0.29) is 23.5 Å². The third kappa shape index (κ3) is 2.85. The van der Waals surface area contributed by atoms with Crippen LogP contribution in [0.3, 0.4) is 0 Å². The van der Waals surface area contributed by atoms with Crippen molar-refractivity contribution in [2.24, 2.45) is 5.73 Å². The second-order valence-corrected chi connectivity index (χ2v) is 5.34. The lowest BCUT2D eigenvalue weighted by atomic mass is 10.0. The standard InChI is InChI=1S/C17H18FNO2/c1-11(19)12-6-7-17(15(18)8-12)21-10-13-9-20-16-5-3-2-4-14(13)16/h2-8,11,13H,9-10,19H2,1H3/t11-,13?/m0/s1. The molecule has 0 aliphatic carbocycles. The van der Waals surface area contributed by atoms with Crippen LogP contribution >= 0.6 is 0 Å². The number of para-hydroxylation sites is 1. The molecular formula is C17H18FNO2. The average molecular weight is 287 g/mol. The largest absolute Gasteiger partial charge is 0.493 e. The van der Waals surface area contributed by atoms with Gasteiger partial charge in [-0.05, 0) is 30.7 Å². The molecule has 0 saturated heterocycles. The van der Waals surface area contributed by atoms with Crippen molar-refractivity contribution in [1.82, 2.24) is 0 Å². The van der Waals surface area contributed by atoms with Gasteiger partial charge in [-0.3, -0.25) is 0 Å². The van der Waals surface area contributed by atoms with Crippen LogP contribution in [0.1, 0.15) is 30.0 Å². The third-order valence-electron chi connectivity index (χ3n) is 3.72. The fourth-order valence-corrected chi connectivity index (χ4v) is 2.48. The minimum atomic E-state index is -0.378. The summed E-state index contributed by atoms with van der Waals surface area (Å²) in [6, 6.07) is 12.5. The maximum atomic E-state index is 14.0. The molecule has 1 unspecified atom stereocenters. The number of fused-ring (bicyclic) bond motifs is 1. The Bertz CT molecular complexity index is 642. The molecule has 0 aromatic heterocycles. The zero-order chi connectivity index (χ0) is 14.8. The summed E-state index contributed by atoms with van der Waals surface area (Å²) in [5, 5.41) is 0. The first-order chi connectivity index (χ1) is 10.1. The normalized spacial score (nSPS) is 18.0. The lowest BCUT2D eigenvalue weighted by Gasteiger charge is -2.13. The highest BCUT2D eigenvalue weighted by atomic mass is 19.1. The average Bonchev–Trinajstić information content (AvgIpc) is 2.89. The minimum Gasteiger partial charge on any atom is -0.493 e. The van der Waals surface area contributed by atoms with Crippen LogP contribution in [0.5, 0.6) is 11.5 Å². The maximum absolute atomic E-state index is 14.0. The van der Waals surface area contributed by atoms with Gasteiger partial charge in [0.2, 0.25) is 0 Å². The van der Waals surface area contributed by atoms with E-state index in [0.29, 0.717) is 13.2 Å². The molecule has 21 heavy (non-hydrogen) atoms. The fraction of sp³-hybridized carbons (Fsp3) is 0.294. The highest BCUT2D eigenvalue weighted by Crippen LogP contribution is 2.34. The van der Waals surface area contributed by atoms with Crippen LogP contribution < -0.4 is 15.2 Å². The van der Waals surface area contributed by atoms with Crippen molar-refractivity contribution in [3.8, 4) is 11.5 Å².